The number of methoxy groups -OCH3 is 2. The van der Waals surface area contributed by atoms with E-state index in [0.29, 0.717) is 28.4 Å². The van der Waals surface area contributed by atoms with Gasteiger partial charge in [0, 0.05) is 30.3 Å². The van der Waals surface area contributed by atoms with Gasteiger partial charge in [0.05, 0.1) is 13.2 Å². The fourth-order valence-electron chi connectivity index (χ4n) is 3.46. The number of amides is 1. The summed E-state index contributed by atoms with van der Waals surface area (Å²) in [7, 11) is 3.04. The second-order valence-corrected chi connectivity index (χ2v) is 7.63. The molecular weight excluding hydrogens is 437 g/mol. The summed E-state index contributed by atoms with van der Waals surface area (Å²) >= 11 is 0. The van der Waals surface area contributed by atoms with Crippen LogP contribution < -0.4 is 20.1 Å². The van der Waals surface area contributed by atoms with Crippen molar-refractivity contribution in [3.63, 3.8) is 0 Å². The van der Waals surface area contributed by atoms with E-state index in [2.05, 4.69) is 10.6 Å². The van der Waals surface area contributed by atoms with Crippen LogP contribution in [0, 0.1) is 11.2 Å². The Labute approximate surface area is 198 Å². The van der Waals surface area contributed by atoms with Gasteiger partial charge in [-0.15, -0.1) is 0 Å². The van der Waals surface area contributed by atoms with E-state index in [4.69, 9.17) is 19.6 Å². The van der Waals surface area contributed by atoms with Crippen LogP contribution in [0.15, 0.2) is 66.7 Å². The second-order valence-electron chi connectivity index (χ2n) is 7.63. The van der Waals surface area contributed by atoms with E-state index >= 15 is 0 Å². The molecule has 3 aromatic rings. The zero-order valence-corrected chi connectivity index (χ0v) is 19.3. The van der Waals surface area contributed by atoms with E-state index in [9.17, 15) is 9.18 Å². The Bertz CT molecular complexity index is 1120. The highest BCUT2D eigenvalue weighted by Crippen LogP contribution is 2.30. The van der Waals surface area contributed by atoms with Crippen LogP contribution in [0.25, 0.3) is 0 Å². The lowest BCUT2D eigenvalue weighted by Crippen LogP contribution is -2.40. The van der Waals surface area contributed by atoms with E-state index < -0.39 is 12.1 Å². The molecule has 1 unspecified atom stereocenters. The maximum Gasteiger partial charge on any atom is 0.246 e. The lowest BCUT2D eigenvalue weighted by atomic mass is 10.0. The Morgan fingerprint density at radius 3 is 2.50 bits per heavy atom. The highest BCUT2D eigenvalue weighted by Gasteiger charge is 2.24. The number of benzene rings is 3. The summed E-state index contributed by atoms with van der Waals surface area (Å²) in [6.45, 7) is 1.79. The molecule has 34 heavy (non-hydrogen) atoms. The second kappa shape index (κ2) is 11.8. The largest absolute Gasteiger partial charge is 0.497 e. The SMILES string of the molecule is COCC(=O)NC(C)[C@H](Oc1ccc(Nc2ccc(F)cc2)c(C=N)c1)c1cccc(OC)c1. The summed E-state index contributed by atoms with van der Waals surface area (Å²) in [5.41, 5.74) is 2.77. The molecule has 7 nitrogen and oxygen atoms in total. The molecule has 3 N–H and O–H groups in total. The van der Waals surface area contributed by atoms with Crippen molar-refractivity contribution in [2.75, 3.05) is 26.1 Å². The molecule has 0 spiro atoms. The van der Waals surface area contributed by atoms with Gasteiger partial charge < -0.3 is 30.3 Å². The molecule has 0 heterocycles. The molecule has 0 radical (unpaired) electrons. The first-order valence-electron chi connectivity index (χ1n) is 10.7. The molecule has 0 aromatic heterocycles. The Kier molecular flexibility index (Phi) is 8.59. The lowest BCUT2D eigenvalue weighted by Gasteiger charge is -2.27. The Balaban J connectivity index is 1.87. The fourth-order valence-corrected chi connectivity index (χ4v) is 3.46. The van der Waals surface area contributed by atoms with E-state index in [1.807, 2.05) is 31.2 Å². The zero-order valence-electron chi connectivity index (χ0n) is 19.3. The summed E-state index contributed by atoms with van der Waals surface area (Å²) in [5.74, 6) is 0.603. The molecule has 178 valence electrons. The summed E-state index contributed by atoms with van der Waals surface area (Å²) in [6, 6.07) is 18.3. The maximum atomic E-state index is 13.2. The predicted molar refractivity (Wildman–Crippen MR) is 130 cm³/mol. The van der Waals surface area contributed by atoms with Gasteiger partial charge in [-0.1, -0.05) is 12.1 Å². The van der Waals surface area contributed by atoms with Gasteiger partial charge >= 0.3 is 0 Å². The van der Waals surface area contributed by atoms with Crippen LogP contribution in [0.2, 0.25) is 0 Å². The molecule has 0 aliphatic rings. The number of hydrogen-bond donors (Lipinski definition) is 3. The number of nitrogens with one attached hydrogen (secondary N) is 3. The van der Waals surface area contributed by atoms with Crippen LogP contribution in [-0.2, 0) is 9.53 Å². The van der Waals surface area contributed by atoms with Gasteiger partial charge in [-0.3, -0.25) is 4.79 Å². The normalized spacial score (nSPS) is 12.4. The van der Waals surface area contributed by atoms with Crippen molar-refractivity contribution < 1.29 is 23.4 Å². The molecule has 0 bridgehead atoms. The van der Waals surface area contributed by atoms with Gasteiger partial charge in [-0.05, 0) is 67.1 Å². The van der Waals surface area contributed by atoms with Crippen molar-refractivity contribution in [1.29, 1.82) is 5.41 Å². The van der Waals surface area contributed by atoms with Crippen LogP contribution in [0.1, 0.15) is 24.2 Å². The maximum absolute atomic E-state index is 13.2. The standard InChI is InChI=1S/C26H28FN3O4/c1-17(29-25(31)16-32-2)26(18-5-4-6-22(13-18)33-3)34-23-11-12-24(19(14-23)15-28)30-21-9-7-20(27)8-10-21/h4-15,17,26,28,30H,16H2,1-3H3,(H,29,31)/t17?,26-/m0/s1. The van der Waals surface area contributed by atoms with E-state index in [0.717, 1.165) is 5.56 Å². The molecule has 1 amide bonds. The smallest absolute Gasteiger partial charge is 0.246 e. The molecule has 0 aliphatic heterocycles. The summed E-state index contributed by atoms with van der Waals surface area (Å²) in [4.78, 5) is 12.1. The van der Waals surface area contributed by atoms with Crippen molar-refractivity contribution >= 4 is 23.5 Å². The van der Waals surface area contributed by atoms with Crippen molar-refractivity contribution in [2.24, 2.45) is 0 Å². The number of carbonyl (C=O) groups excluding carboxylic acids is 1. The van der Waals surface area contributed by atoms with Crippen LogP contribution in [0.5, 0.6) is 11.5 Å². The quantitative estimate of drug-likeness (QED) is 0.352. The third kappa shape index (κ3) is 6.55. The lowest BCUT2D eigenvalue weighted by molar-refractivity contribution is -0.126. The molecule has 2 atom stereocenters. The first-order chi connectivity index (χ1) is 16.4. The molecule has 3 aromatic carbocycles. The summed E-state index contributed by atoms with van der Waals surface area (Å²) in [6.07, 6.45) is 0.675. The predicted octanol–water partition coefficient (Wildman–Crippen LogP) is 4.85. The van der Waals surface area contributed by atoms with Crippen LogP contribution in [0.4, 0.5) is 15.8 Å². The number of carbonyl (C=O) groups is 1. The topological polar surface area (TPSA) is 92.7 Å². The third-order valence-electron chi connectivity index (χ3n) is 5.11. The third-order valence-corrected chi connectivity index (χ3v) is 5.11. The van der Waals surface area contributed by atoms with Gasteiger partial charge in [-0.2, -0.15) is 0 Å². The average molecular weight is 466 g/mol. The van der Waals surface area contributed by atoms with Crippen molar-refractivity contribution in [2.45, 2.75) is 19.1 Å². The summed E-state index contributed by atoms with van der Waals surface area (Å²) < 4.78 is 29.8. The molecule has 8 heteroatoms. The zero-order chi connectivity index (χ0) is 24.5. The van der Waals surface area contributed by atoms with Gasteiger partial charge in [0.1, 0.15) is 30.0 Å². The summed E-state index contributed by atoms with van der Waals surface area (Å²) in [5, 5.41) is 13.9. The molecule has 0 saturated carbocycles. The van der Waals surface area contributed by atoms with Crippen LogP contribution in [0.3, 0.4) is 0 Å². The van der Waals surface area contributed by atoms with Gasteiger partial charge in [0.2, 0.25) is 5.91 Å². The molecule has 0 saturated heterocycles. The fraction of sp³-hybridized carbons (Fsp3) is 0.231. The van der Waals surface area contributed by atoms with Gasteiger partial charge in [0.25, 0.3) is 0 Å². The number of halogens is 1. The Morgan fingerprint density at radius 2 is 1.82 bits per heavy atom. The molecular formula is C26H28FN3O4. The van der Waals surface area contributed by atoms with Crippen molar-refractivity contribution in [1.82, 2.24) is 5.32 Å². The van der Waals surface area contributed by atoms with Gasteiger partial charge in [-0.25, -0.2) is 4.39 Å². The molecule has 0 aliphatic carbocycles. The average Bonchev–Trinajstić information content (AvgIpc) is 2.84. The first-order valence-corrected chi connectivity index (χ1v) is 10.7. The number of hydrogen-bond acceptors (Lipinski definition) is 6. The molecule has 0 fully saturated rings. The minimum Gasteiger partial charge on any atom is -0.497 e. The monoisotopic (exact) mass is 465 g/mol. The van der Waals surface area contributed by atoms with E-state index in [1.165, 1.54) is 25.5 Å². The highest BCUT2D eigenvalue weighted by atomic mass is 19.1. The first kappa shape index (κ1) is 24.7. The van der Waals surface area contributed by atoms with Crippen molar-refractivity contribution in [3.05, 3.63) is 83.7 Å². The Hall–Kier alpha value is -3.91. The Morgan fingerprint density at radius 1 is 1.06 bits per heavy atom. The van der Waals surface area contributed by atoms with E-state index in [-0.39, 0.29) is 18.3 Å². The number of anilines is 2. The van der Waals surface area contributed by atoms with Gasteiger partial charge in [0.15, 0.2) is 0 Å². The molecule has 3 rings (SSSR count). The van der Waals surface area contributed by atoms with Crippen molar-refractivity contribution in [3.8, 4) is 11.5 Å². The minimum absolute atomic E-state index is 0.0587. The highest BCUT2D eigenvalue weighted by molar-refractivity contribution is 5.88. The number of ether oxygens (including phenoxy) is 3. The van der Waals surface area contributed by atoms with Crippen LogP contribution in [-0.4, -0.2) is 39.0 Å². The minimum atomic E-state index is -0.537. The number of rotatable bonds is 11. The van der Waals surface area contributed by atoms with Crippen LogP contribution >= 0.6 is 0 Å². The van der Waals surface area contributed by atoms with E-state index in [1.54, 1.807) is 37.4 Å².